The number of nitrogens with zero attached hydrogens (tertiary/aromatic N) is 1. The van der Waals surface area contributed by atoms with Gasteiger partial charge < -0.3 is 9.72 Å². The number of hydrogen-bond acceptors (Lipinski definition) is 3. The highest BCUT2D eigenvalue weighted by molar-refractivity contribution is 5.34. The fourth-order valence-corrected chi connectivity index (χ4v) is 1.51. The maximum absolute atomic E-state index is 13.1. The van der Waals surface area contributed by atoms with Gasteiger partial charge in [-0.25, -0.2) is 9.37 Å². The lowest BCUT2D eigenvalue weighted by atomic mass is 10.2. The summed E-state index contributed by atoms with van der Waals surface area (Å²) in [5.74, 6) is -1.60. The topological polar surface area (TPSA) is 55.0 Å². The summed E-state index contributed by atoms with van der Waals surface area (Å²) in [5.41, 5.74) is -1.96. The first-order chi connectivity index (χ1) is 9.25. The number of aromatic amines is 1. The van der Waals surface area contributed by atoms with Crippen LogP contribution in [0.3, 0.4) is 0 Å². The quantitative estimate of drug-likeness (QED) is 0.864. The third-order valence-electron chi connectivity index (χ3n) is 2.30. The normalized spacial score (nSPS) is 11.4. The van der Waals surface area contributed by atoms with Gasteiger partial charge in [-0.15, -0.1) is 0 Å². The van der Waals surface area contributed by atoms with Gasteiger partial charge >= 0.3 is 6.18 Å². The Labute approximate surface area is 110 Å². The molecule has 4 nitrogen and oxygen atoms in total. The minimum atomic E-state index is -4.83. The molecule has 1 N–H and O–H groups in total. The van der Waals surface area contributed by atoms with Gasteiger partial charge in [0, 0.05) is 0 Å². The molecule has 0 amide bonds. The van der Waals surface area contributed by atoms with Crippen LogP contribution in [-0.2, 0) is 6.18 Å². The van der Waals surface area contributed by atoms with E-state index in [2.05, 4.69) is 9.97 Å². The Kier molecular flexibility index (Phi) is 3.47. The van der Waals surface area contributed by atoms with Crippen molar-refractivity contribution in [2.75, 3.05) is 0 Å². The molecule has 2 aromatic rings. The highest BCUT2D eigenvalue weighted by Crippen LogP contribution is 2.34. The van der Waals surface area contributed by atoms with Gasteiger partial charge in [-0.1, -0.05) is 0 Å². The summed E-state index contributed by atoms with van der Waals surface area (Å²) in [6.07, 6.45) is -4.83. The fraction of sp³-hybridized carbons (Fsp3) is 0.167. The Balaban J connectivity index is 2.37. The van der Waals surface area contributed by atoms with E-state index in [0.29, 0.717) is 12.1 Å². The largest absolute Gasteiger partial charge is 0.439 e. The number of nitrogens with one attached hydrogen (secondary N) is 1. The molecule has 0 saturated heterocycles. The summed E-state index contributed by atoms with van der Waals surface area (Å²) in [6.45, 7) is 1.49. The molecule has 20 heavy (non-hydrogen) atoms. The highest BCUT2D eigenvalue weighted by Gasteiger charge is 2.34. The summed E-state index contributed by atoms with van der Waals surface area (Å²) in [5, 5.41) is 0. The molecule has 0 radical (unpaired) electrons. The number of rotatable bonds is 2. The van der Waals surface area contributed by atoms with E-state index in [4.69, 9.17) is 4.74 Å². The third kappa shape index (κ3) is 3.14. The van der Waals surface area contributed by atoms with E-state index in [1.807, 2.05) is 0 Å². The SMILES string of the molecule is Cc1nc(Oc2ccc(F)c(C(F)(F)F)c2)cc(=O)[nH]1. The van der Waals surface area contributed by atoms with Crippen LogP contribution < -0.4 is 10.3 Å². The van der Waals surface area contributed by atoms with E-state index >= 15 is 0 Å². The van der Waals surface area contributed by atoms with Crippen LogP contribution >= 0.6 is 0 Å². The van der Waals surface area contributed by atoms with Crippen LogP contribution in [0.25, 0.3) is 0 Å². The number of hydrogen-bond donors (Lipinski definition) is 1. The van der Waals surface area contributed by atoms with Crippen molar-refractivity contribution in [3.8, 4) is 11.6 Å². The zero-order valence-electron chi connectivity index (χ0n) is 10.1. The third-order valence-corrected chi connectivity index (χ3v) is 2.30. The standard InChI is InChI=1S/C12H8F4N2O2/c1-6-17-10(19)5-11(18-6)20-7-2-3-9(13)8(4-7)12(14,15)16/h2-5H,1H3,(H,17,18,19). The molecule has 1 aromatic carbocycles. The molecule has 0 saturated carbocycles. The van der Waals surface area contributed by atoms with Gasteiger partial charge in [0.1, 0.15) is 17.4 Å². The maximum atomic E-state index is 13.1. The molecule has 0 spiro atoms. The van der Waals surface area contributed by atoms with E-state index in [1.54, 1.807) is 0 Å². The second-order valence-electron chi connectivity index (χ2n) is 3.91. The number of aryl methyl sites for hydroxylation is 1. The Bertz CT molecular complexity index is 695. The van der Waals surface area contributed by atoms with Gasteiger partial charge in [0.05, 0.1) is 11.6 Å². The molecule has 0 unspecified atom stereocenters. The van der Waals surface area contributed by atoms with Crippen molar-refractivity contribution >= 4 is 0 Å². The molecule has 0 aliphatic heterocycles. The van der Waals surface area contributed by atoms with Crippen LogP contribution in [0.2, 0.25) is 0 Å². The molecule has 8 heteroatoms. The molecule has 1 aromatic heterocycles. The number of halogens is 4. The number of aromatic nitrogens is 2. The van der Waals surface area contributed by atoms with Crippen molar-refractivity contribution in [2.45, 2.75) is 13.1 Å². The predicted molar refractivity (Wildman–Crippen MR) is 61.1 cm³/mol. The van der Waals surface area contributed by atoms with Gasteiger partial charge in [0.25, 0.3) is 5.56 Å². The van der Waals surface area contributed by atoms with E-state index < -0.39 is 23.1 Å². The average Bonchev–Trinajstić information content (AvgIpc) is 2.29. The van der Waals surface area contributed by atoms with Crippen molar-refractivity contribution in [2.24, 2.45) is 0 Å². The lowest BCUT2D eigenvalue weighted by molar-refractivity contribution is -0.140. The van der Waals surface area contributed by atoms with E-state index in [0.717, 1.165) is 12.1 Å². The fourth-order valence-electron chi connectivity index (χ4n) is 1.51. The Morgan fingerprint density at radius 3 is 2.55 bits per heavy atom. The van der Waals surface area contributed by atoms with Gasteiger partial charge in [0.2, 0.25) is 5.88 Å². The van der Waals surface area contributed by atoms with Crippen molar-refractivity contribution in [1.29, 1.82) is 0 Å². The highest BCUT2D eigenvalue weighted by atomic mass is 19.4. The molecule has 1 heterocycles. The van der Waals surface area contributed by atoms with Crippen LogP contribution in [0, 0.1) is 12.7 Å². The Hall–Kier alpha value is -2.38. The molecule has 2 rings (SSSR count). The zero-order chi connectivity index (χ0) is 14.9. The minimum Gasteiger partial charge on any atom is -0.439 e. The number of alkyl halides is 3. The summed E-state index contributed by atoms with van der Waals surface area (Å²) in [6, 6.07) is 3.14. The van der Waals surface area contributed by atoms with Gasteiger partial charge in [-0.2, -0.15) is 13.2 Å². The van der Waals surface area contributed by atoms with Crippen LogP contribution in [0.1, 0.15) is 11.4 Å². The zero-order valence-corrected chi connectivity index (χ0v) is 10.1. The van der Waals surface area contributed by atoms with Crippen LogP contribution in [0.15, 0.2) is 29.1 Å². The predicted octanol–water partition coefficient (Wildman–Crippen LogP) is 3.03. The van der Waals surface area contributed by atoms with Crippen molar-refractivity contribution in [1.82, 2.24) is 9.97 Å². The van der Waals surface area contributed by atoms with Crippen LogP contribution in [-0.4, -0.2) is 9.97 Å². The van der Waals surface area contributed by atoms with Gasteiger partial charge in [-0.05, 0) is 25.1 Å². The molecule has 0 aliphatic carbocycles. The minimum absolute atomic E-state index is 0.175. The lowest BCUT2D eigenvalue weighted by Gasteiger charge is -2.10. The first-order valence-electron chi connectivity index (χ1n) is 5.38. The summed E-state index contributed by atoms with van der Waals surface area (Å²) in [7, 11) is 0. The van der Waals surface area contributed by atoms with Gasteiger partial charge in [-0.3, -0.25) is 4.79 Å². The molecule has 0 aliphatic rings. The monoisotopic (exact) mass is 288 g/mol. The first-order valence-corrected chi connectivity index (χ1v) is 5.38. The second kappa shape index (κ2) is 4.95. The van der Waals surface area contributed by atoms with Crippen molar-refractivity contribution in [3.63, 3.8) is 0 Å². The smallest absolute Gasteiger partial charge is 0.419 e. The van der Waals surface area contributed by atoms with E-state index in [9.17, 15) is 22.4 Å². The molecule has 106 valence electrons. The van der Waals surface area contributed by atoms with Crippen LogP contribution in [0.5, 0.6) is 11.6 Å². The van der Waals surface area contributed by atoms with Crippen molar-refractivity contribution in [3.05, 3.63) is 51.8 Å². The lowest BCUT2D eigenvalue weighted by Crippen LogP contribution is -2.10. The maximum Gasteiger partial charge on any atom is 0.419 e. The van der Waals surface area contributed by atoms with E-state index in [1.165, 1.54) is 6.92 Å². The Morgan fingerprint density at radius 1 is 1.25 bits per heavy atom. The van der Waals surface area contributed by atoms with Crippen LogP contribution in [0.4, 0.5) is 17.6 Å². The summed E-state index contributed by atoms with van der Waals surface area (Å²) in [4.78, 5) is 17.3. The molecule has 0 bridgehead atoms. The number of ether oxygens (including phenoxy) is 1. The number of benzene rings is 1. The molecule has 0 atom stereocenters. The molecular weight excluding hydrogens is 280 g/mol. The second-order valence-corrected chi connectivity index (χ2v) is 3.91. The number of H-pyrrole nitrogens is 1. The Morgan fingerprint density at radius 2 is 1.95 bits per heavy atom. The average molecular weight is 288 g/mol. The first kappa shape index (κ1) is 14.0. The summed E-state index contributed by atoms with van der Waals surface area (Å²) < 4.78 is 55.7. The summed E-state index contributed by atoms with van der Waals surface area (Å²) >= 11 is 0. The van der Waals surface area contributed by atoms with Gasteiger partial charge in [0.15, 0.2) is 0 Å². The molecular formula is C12H8F4N2O2. The molecule has 0 fully saturated rings. The van der Waals surface area contributed by atoms with E-state index in [-0.39, 0.29) is 17.5 Å². The van der Waals surface area contributed by atoms with Crippen molar-refractivity contribution < 1.29 is 22.3 Å².